The number of amides is 1. The first-order valence-corrected chi connectivity index (χ1v) is 13.3. The van der Waals surface area contributed by atoms with E-state index in [9.17, 15) is 13.2 Å². The molecule has 1 heterocycles. The van der Waals surface area contributed by atoms with Gasteiger partial charge in [0.25, 0.3) is 10.1 Å². The predicted octanol–water partition coefficient (Wildman–Crippen LogP) is 4.16. The Balaban J connectivity index is 1.65. The van der Waals surface area contributed by atoms with Gasteiger partial charge in [-0.2, -0.15) is 8.42 Å². The second-order valence-electron chi connectivity index (χ2n) is 9.76. The SMILES string of the molecule is CC(C)(C)OC(=O)N1CCN(C2c3ccccc3C=C(COS(C)(=O)=O)c3ccccc32)CC1. The summed E-state index contributed by atoms with van der Waals surface area (Å²) in [5.41, 5.74) is 4.55. The van der Waals surface area contributed by atoms with E-state index in [1.807, 2.05) is 63.2 Å². The summed E-state index contributed by atoms with van der Waals surface area (Å²) in [6, 6.07) is 16.2. The van der Waals surface area contributed by atoms with Crippen molar-refractivity contribution in [1.29, 1.82) is 0 Å². The highest BCUT2D eigenvalue weighted by molar-refractivity contribution is 7.86. The monoisotopic (exact) mass is 484 g/mol. The van der Waals surface area contributed by atoms with Crippen molar-refractivity contribution in [2.45, 2.75) is 32.4 Å². The van der Waals surface area contributed by atoms with Crippen LogP contribution in [0.5, 0.6) is 0 Å². The predicted molar refractivity (Wildman–Crippen MR) is 133 cm³/mol. The van der Waals surface area contributed by atoms with E-state index < -0.39 is 15.7 Å². The lowest BCUT2D eigenvalue weighted by atomic mass is 9.91. The lowest BCUT2D eigenvalue weighted by molar-refractivity contribution is 0.0119. The van der Waals surface area contributed by atoms with Crippen LogP contribution in [-0.4, -0.2) is 69.0 Å². The zero-order valence-electron chi connectivity index (χ0n) is 20.2. The summed E-state index contributed by atoms with van der Waals surface area (Å²) in [6.45, 7) is 8.14. The molecule has 7 nitrogen and oxygen atoms in total. The minimum Gasteiger partial charge on any atom is -0.444 e. The molecule has 1 saturated heterocycles. The first-order chi connectivity index (χ1) is 16.0. The fraction of sp³-hybridized carbons (Fsp3) is 0.423. The van der Waals surface area contributed by atoms with Crippen LogP contribution in [0.1, 0.15) is 49.1 Å². The van der Waals surface area contributed by atoms with Crippen LogP contribution < -0.4 is 0 Å². The molecule has 1 amide bonds. The van der Waals surface area contributed by atoms with Gasteiger partial charge in [0, 0.05) is 26.2 Å². The van der Waals surface area contributed by atoms with Crippen LogP contribution >= 0.6 is 0 Å². The molecule has 0 spiro atoms. The quantitative estimate of drug-likeness (QED) is 0.607. The van der Waals surface area contributed by atoms with Crippen molar-refractivity contribution < 1.29 is 22.1 Å². The number of hydrogen-bond donors (Lipinski definition) is 0. The van der Waals surface area contributed by atoms with E-state index in [0.29, 0.717) is 26.2 Å². The van der Waals surface area contributed by atoms with Gasteiger partial charge in [0.1, 0.15) is 5.60 Å². The summed E-state index contributed by atoms with van der Waals surface area (Å²) in [5, 5.41) is 0. The van der Waals surface area contributed by atoms with E-state index in [0.717, 1.165) is 34.1 Å². The molecule has 1 aliphatic heterocycles. The van der Waals surface area contributed by atoms with E-state index in [-0.39, 0.29) is 18.7 Å². The number of nitrogens with zero attached hydrogens (tertiary/aromatic N) is 2. The first kappa shape index (κ1) is 24.4. The molecule has 0 saturated carbocycles. The molecule has 2 aromatic rings. The Morgan fingerprint density at radius 1 is 0.971 bits per heavy atom. The number of benzene rings is 2. The zero-order valence-corrected chi connectivity index (χ0v) is 21.0. The van der Waals surface area contributed by atoms with Gasteiger partial charge in [0.2, 0.25) is 0 Å². The van der Waals surface area contributed by atoms with Gasteiger partial charge in [0.15, 0.2) is 0 Å². The van der Waals surface area contributed by atoms with E-state index in [1.165, 1.54) is 0 Å². The Kier molecular flexibility index (Phi) is 6.85. The summed E-state index contributed by atoms with van der Waals surface area (Å²) in [4.78, 5) is 16.7. The van der Waals surface area contributed by atoms with Gasteiger partial charge in [-0.1, -0.05) is 48.5 Å². The standard InChI is InChI=1S/C26H32N2O5S/c1-26(2,3)33-25(29)28-15-13-27(14-16-28)24-22-11-6-5-9-19(22)17-20(18-32-34(4,30)31)21-10-7-8-12-23(21)24/h5-12,17,24H,13-16,18H2,1-4H3. The van der Waals surface area contributed by atoms with Gasteiger partial charge in [-0.15, -0.1) is 0 Å². The minimum absolute atomic E-state index is 0.0245. The largest absolute Gasteiger partial charge is 0.444 e. The number of fused-ring (bicyclic) bond motifs is 2. The summed E-state index contributed by atoms with van der Waals surface area (Å²) in [7, 11) is -3.58. The summed E-state index contributed by atoms with van der Waals surface area (Å²) < 4.78 is 34.1. The van der Waals surface area contributed by atoms with Crippen molar-refractivity contribution >= 4 is 27.9 Å². The van der Waals surface area contributed by atoms with E-state index in [4.69, 9.17) is 8.92 Å². The fourth-order valence-corrected chi connectivity index (χ4v) is 4.87. The van der Waals surface area contributed by atoms with Crippen LogP contribution in [-0.2, 0) is 19.0 Å². The summed E-state index contributed by atoms with van der Waals surface area (Å²) in [5.74, 6) is 0. The highest BCUT2D eigenvalue weighted by Gasteiger charge is 2.33. The Morgan fingerprint density at radius 2 is 1.59 bits per heavy atom. The number of rotatable bonds is 4. The molecule has 1 aliphatic carbocycles. The normalized spacial score (nSPS) is 19.0. The molecule has 2 aliphatic rings. The van der Waals surface area contributed by atoms with Gasteiger partial charge in [0.05, 0.1) is 18.9 Å². The van der Waals surface area contributed by atoms with E-state index in [2.05, 4.69) is 17.0 Å². The number of carbonyl (C=O) groups is 1. The summed E-state index contributed by atoms with van der Waals surface area (Å²) in [6.07, 6.45) is 2.81. The topological polar surface area (TPSA) is 76.2 Å². The van der Waals surface area contributed by atoms with Gasteiger partial charge in [-0.05, 0) is 54.7 Å². The number of ether oxygens (including phenoxy) is 1. The van der Waals surface area contributed by atoms with Crippen molar-refractivity contribution in [2.24, 2.45) is 0 Å². The van der Waals surface area contributed by atoms with E-state index in [1.54, 1.807) is 4.90 Å². The first-order valence-electron chi connectivity index (χ1n) is 11.5. The molecule has 1 unspecified atom stereocenters. The minimum atomic E-state index is -3.58. The Hall–Kier alpha value is -2.68. The van der Waals surface area contributed by atoms with Crippen LogP contribution in [0.25, 0.3) is 11.6 Å². The Labute approximate surface area is 202 Å². The van der Waals surface area contributed by atoms with Crippen molar-refractivity contribution in [3.8, 4) is 0 Å². The lowest BCUT2D eigenvalue weighted by Gasteiger charge is -2.40. The smallest absolute Gasteiger partial charge is 0.410 e. The molecule has 0 aromatic heterocycles. The maximum absolute atomic E-state index is 12.6. The van der Waals surface area contributed by atoms with Gasteiger partial charge in [-0.25, -0.2) is 4.79 Å². The van der Waals surface area contributed by atoms with Crippen molar-refractivity contribution in [3.05, 3.63) is 70.8 Å². The fourth-order valence-electron chi connectivity index (χ4n) is 4.52. The van der Waals surface area contributed by atoms with Crippen LogP contribution in [0.15, 0.2) is 48.5 Å². The molecule has 0 bridgehead atoms. The van der Waals surface area contributed by atoms with Crippen LogP contribution in [0.4, 0.5) is 4.79 Å². The molecule has 1 fully saturated rings. The van der Waals surface area contributed by atoms with Crippen LogP contribution in [0.3, 0.4) is 0 Å². The second kappa shape index (κ2) is 9.52. The van der Waals surface area contributed by atoms with Crippen molar-refractivity contribution in [2.75, 3.05) is 39.0 Å². The molecule has 2 aromatic carbocycles. The van der Waals surface area contributed by atoms with Gasteiger partial charge < -0.3 is 9.64 Å². The Morgan fingerprint density at radius 3 is 2.24 bits per heavy atom. The third kappa shape index (κ3) is 5.68. The maximum Gasteiger partial charge on any atom is 0.410 e. The van der Waals surface area contributed by atoms with Crippen molar-refractivity contribution in [1.82, 2.24) is 9.80 Å². The van der Waals surface area contributed by atoms with Crippen LogP contribution in [0, 0.1) is 0 Å². The molecule has 4 rings (SSSR count). The van der Waals surface area contributed by atoms with Gasteiger partial charge in [-0.3, -0.25) is 9.08 Å². The van der Waals surface area contributed by atoms with Crippen molar-refractivity contribution in [3.63, 3.8) is 0 Å². The zero-order chi connectivity index (χ0) is 24.5. The second-order valence-corrected chi connectivity index (χ2v) is 11.4. The third-order valence-electron chi connectivity index (χ3n) is 5.98. The molecular formula is C26H32N2O5S. The lowest BCUT2D eigenvalue weighted by Crippen LogP contribution is -2.51. The molecule has 8 heteroatoms. The highest BCUT2D eigenvalue weighted by Crippen LogP contribution is 2.40. The van der Waals surface area contributed by atoms with Gasteiger partial charge >= 0.3 is 6.09 Å². The molecular weight excluding hydrogens is 452 g/mol. The third-order valence-corrected chi connectivity index (χ3v) is 6.53. The number of piperazine rings is 1. The average molecular weight is 485 g/mol. The number of hydrogen-bond acceptors (Lipinski definition) is 6. The maximum atomic E-state index is 12.6. The average Bonchev–Trinajstić information content (AvgIpc) is 2.90. The molecule has 0 radical (unpaired) electrons. The molecule has 182 valence electrons. The highest BCUT2D eigenvalue weighted by atomic mass is 32.2. The number of carbonyl (C=O) groups excluding carboxylic acids is 1. The summed E-state index contributed by atoms with van der Waals surface area (Å²) >= 11 is 0. The molecule has 1 atom stereocenters. The van der Waals surface area contributed by atoms with E-state index >= 15 is 0 Å². The molecule has 0 N–H and O–H groups in total. The molecule has 34 heavy (non-hydrogen) atoms. The Bertz CT molecular complexity index is 1190. The van der Waals surface area contributed by atoms with Crippen LogP contribution in [0.2, 0.25) is 0 Å².